The van der Waals surface area contributed by atoms with Gasteiger partial charge in [0.25, 0.3) is 0 Å². The van der Waals surface area contributed by atoms with Crippen molar-refractivity contribution >= 4 is 39.8 Å². The number of ether oxygens (including phenoxy) is 1. The van der Waals surface area contributed by atoms with Crippen molar-refractivity contribution in [2.45, 2.75) is 39.2 Å². The summed E-state index contributed by atoms with van der Waals surface area (Å²) >= 11 is 0. The van der Waals surface area contributed by atoms with Crippen LogP contribution in [0.25, 0.3) is 0 Å². The van der Waals surface area contributed by atoms with Gasteiger partial charge in [0.1, 0.15) is 9.84 Å². The molecule has 0 radical (unpaired) electrons. The van der Waals surface area contributed by atoms with Crippen molar-refractivity contribution < 1.29 is 13.2 Å². The van der Waals surface area contributed by atoms with Gasteiger partial charge in [0.05, 0.1) is 18.9 Å². The van der Waals surface area contributed by atoms with Crippen LogP contribution < -0.4 is 10.6 Å². The molecule has 0 saturated heterocycles. The van der Waals surface area contributed by atoms with E-state index in [9.17, 15) is 8.42 Å². The lowest BCUT2D eigenvalue weighted by Gasteiger charge is -2.17. The third-order valence-corrected chi connectivity index (χ3v) is 4.18. The van der Waals surface area contributed by atoms with E-state index in [2.05, 4.69) is 15.6 Å². The summed E-state index contributed by atoms with van der Waals surface area (Å²) < 4.78 is 27.9. The number of nitrogens with zero attached hydrogens (tertiary/aromatic N) is 1. The fourth-order valence-corrected chi connectivity index (χ4v) is 2.55. The number of nitrogens with one attached hydrogen (secondary N) is 2. The van der Waals surface area contributed by atoms with E-state index in [1.165, 1.54) is 19.1 Å². The molecule has 132 valence electrons. The summed E-state index contributed by atoms with van der Waals surface area (Å²) in [6, 6.07) is 0.0601. The first-order valence-electron chi connectivity index (χ1n) is 7.71. The van der Waals surface area contributed by atoms with E-state index in [1.54, 1.807) is 0 Å². The van der Waals surface area contributed by atoms with Gasteiger partial charge in [0, 0.05) is 25.4 Å². The van der Waals surface area contributed by atoms with Crippen molar-refractivity contribution in [3.8, 4) is 0 Å². The van der Waals surface area contributed by atoms with Gasteiger partial charge in [-0.1, -0.05) is 0 Å². The van der Waals surface area contributed by atoms with Crippen molar-refractivity contribution in [1.82, 2.24) is 10.6 Å². The number of guanidine groups is 1. The van der Waals surface area contributed by atoms with E-state index in [4.69, 9.17) is 4.74 Å². The molecular weight excluding hydrogens is 417 g/mol. The third kappa shape index (κ3) is 12.5. The number of aliphatic imine (C=N–C) groups is 1. The fraction of sp³-hybridized carbons (Fsp3) is 0.929. The molecule has 1 unspecified atom stereocenters. The van der Waals surface area contributed by atoms with E-state index in [0.29, 0.717) is 25.5 Å². The molecule has 0 amide bonds. The van der Waals surface area contributed by atoms with Crippen molar-refractivity contribution in [3.05, 3.63) is 0 Å². The van der Waals surface area contributed by atoms with Crippen LogP contribution >= 0.6 is 24.0 Å². The van der Waals surface area contributed by atoms with Crippen molar-refractivity contribution in [3.63, 3.8) is 0 Å². The van der Waals surface area contributed by atoms with Crippen molar-refractivity contribution in [2.75, 3.05) is 38.3 Å². The summed E-state index contributed by atoms with van der Waals surface area (Å²) in [5, 5.41) is 6.38. The van der Waals surface area contributed by atoms with E-state index in [0.717, 1.165) is 19.1 Å². The number of hydrogen-bond acceptors (Lipinski definition) is 4. The largest absolute Gasteiger partial charge is 0.379 e. The summed E-state index contributed by atoms with van der Waals surface area (Å²) in [5.74, 6) is 1.68. The van der Waals surface area contributed by atoms with E-state index in [1.807, 2.05) is 13.8 Å². The van der Waals surface area contributed by atoms with E-state index >= 15 is 0 Å². The molecule has 0 spiro atoms. The molecule has 0 bridgehead atoms. The predicted molar refractivity (Wildman–Crippen MR) is 102 cm³/mol. The van der Waals surface area contributed by atoms with Gasteiger partial charge in [-0.05, 0) is 39.0 Å². The molecule has 1 rings (SSSR count). The summed E-state index contributed by atoms with van der Waals surface area (Å²) in [6.45, 7) is 6.83. The van der Waals surface area contributed by atoms with Crippen molar-refractivity contribution in [2.24, 2.45) is 10.9 Å². The molecule has 22 heavy (non-hydrogen) atoms. The summed E-state index contributed by atoms with van der Waals surface area (Å²) in [7, 11) is -2.91. The lowest BCUT2D eigenvalue weighted by molar-refractivity contribution is 0.131. The first kappa shape index (κ1) is 21.9. The van der Waals surface area contributed by atoms with Gasteiger partial charge in [-0.25, -0.2) is 8.42 Å². The highest BCUT2D eigenvalue weighted by Crippen LogP contribution is 2.28. The molecule has 1 saturated carbocycles. The van der Waals surface area contributed by atoms with Gasteiger partial charge in [0.15, 0.2) is 5.96 Å². The molecule has 1 aliphatic rings. The van der Waals surface area contributed by atoms with Gasteiger partial charge in [0.2, 0.25) is 0 Å². The first-order valence-corrected chi connectivity index (χ1v) is 9.77. The minimum Gasteiger partial charge on any atom is -0.379 e. The van der Waals surface area contributed by atoms with Gasteiger partial charge >= 0.3 is 0 Å². The molecule has 1 fully saturated rings. The zero-order chi connectivity index (χ0) is 15.7. The average Bonchev–Trinajstić information content (AvgIpc) is 3.19. The highest BCUT2D eigenvalue weighted by atomic mass is 127. The van der Waals surface area contributed by atoms with Gasteiger partial charge in [-0.15, -0.1) is 24.0 Å². The average molecular weight is 447 g/mol. The van der Waals surface area contributed by atoms with Crippen LogP contribution in [-0.2, 0) is 14.6 Å². The number of hydrogen-bond donors (Lipinski definition) is 2. The molecule has 0 aliphatic heterocycles. The Balaban J connectivity index is 0.00000441. The Morgan fingerprint density at radius 2 is 2.09 bits per heavy atom. The normalized spacial score (nSPS) is 16.8. The van der Waals surface area contributed by atoms with Crippen LogP contribution in [0.2, 0.25) is 0 Å². The third-order valence-electron chi connectivity index (χ3n) is 3.21. The van der Waals surface area contributed by atoms with Gasteiger partial charge in [-0.3, -0.25) is 4.99 Å². The molecule has 0 aromatic carbocycles. The Labute approximate surface area is 151 Å². The minimum absolute atomic E-state index is 0. The first-order chi connectivity index (χ1) is 9.90. The van der Waals surface area contributed by atoms with Crippen LogP contribution in [0.1, 0.15) is 33.1 Å². The van der Waals surface area contributed by atoms with Crippen molar-refractivity contribution in [1.29, 1.82) is 0 Å². The van der Waals surface area contributed by atoms with Crippen LogP contribution in [0, 0.1) is 5.92 Å². The van der Waals surface area contributed by atoms with Crippen LogP contribution in [-0.4, -0.2) is 58.7 Å². The number of sulfone groups is 1. The SMILES string of the molecule is CCNC(=NCCOCC1CC1)NC(C)CCS(C)(=O)=O.I. The Bertz CT molecular complexity index is 425. The molecular formula is C14H30IN3O3S. The fourth-order valence-electron chi connectivity index (χ4n) is 1.77. The van der Waals surface area contributed by atoms with E-state index < -0.39 is 9.84 Å². The summed E-state index contributed by atoms with van der Waals surface area (Å²) in [6.07, 6.45) is 4.42. The Hall–Kier alpha value is -0.0900. The maximum absolute atomic E-state index is 11.2. The quantitative estimate of drug-likeness (QED) is 0.229. The van der Waals surface area contributed by atoms with Crippen LogP contribution in [0.5, 0.6) is 0 Å². The highest BCUT2D eigenvalue weighted by Gasteiger charge is 2.20. The van der Waals surface area contributed by atoms with E-state index in [-0.39, 0.29) is 35.8 Å². The van der Waals surface area contributed by atoms with Crippen LogP contribution in [0.15, 0.2) is 4.99 Å². The van der Waals surface area contributed by atoms with Gasteiger partial charge in [-0.2, -0.15) is 0 Å². The Kier molecular flexibility index (Phi) is 11.4. The lowest BCUT2D eigenvalue weighted by atomic mass is 10.3. The Morgan fingerprint density at radius 1 is 1.41 bits per heavy atom. The smallest absolute Gasteiger partial charge is 0.191 e. The molecule has 0 heterocycles. The molecule has 8 heteroatoms. The molecule has 6 nitrogen and oxygen atoms in total. The second kappa shape index (κ2) is 11.4. The van der Waals surface area contributed by atoms with Crippen LogP contribution in [0.3, 0.4) is 0 Å². The zero-order valence-corrected chi connectivity index (χ0v) is 16.9. The standard InChI is InChI=1S/C14H29N3O3S.HI/c1-4-15-14(16-8-9-20-11-13-5-6-13)17-12(2)7-10-21(3,18)19;/h12-13H,4-11H2,1-3H3,(H2,15,16,17);1H. The van der Waals surface area contributed by atoms with Crippen LogP contribution in [0.4, 0.5) is 0 Å². The number of rotatable bonds is 10. The lowest BCUT2D eigenvalue weighted by Crippen LogP contribution is -2.43. The second-order valence-electron chi connectivity index (χ2n) is 5.74. The predicted octanol–water partition coefficient (Wildman–Crippen LogP) is 1.41. The molecule has 0 aromatic heterocycles. The maximum Gasteiger partial charge on any atom is 0.191 e. The Morgan fingerprint density at radius 3 is 2.64 bits per heavy atom. The topological polar surface area (TPSA) is 79.8 Å². The summed E-state index contributed by atoms with van der Waals surface area (Å²) in [5.41, 5.74) is 0. The summed E-state index contributed by atoms with van der Waals surface area (Å²) in [4.78, 5) is 4.44. The minimum atomic E-state index is -2.91. The molecule has 1 aliphatic carbocycles. The monoisotopic (exact) mass is 447 g/mol. The maximum atomic E-state index is 11.2. The molecule has 2 N–H and O–H groups in total. The molecule has 1 atom stereocenters. The second-order valence-corrected chi connectivity index (χ2v) is 8.00. The van der Waals surface area contributed by atoms with Gasteiger partial charge < -0.3 is 15.4 Å². The highest BCUT2D eigenvalue weighted by molar-refractivity contribution is 14.0. The zero-order valence-electron chi connectivity index (χ0n) is 13.8. The molecule has 0 aromatic rings. The number of halogens is 1.